The molecule has 1 heterocycles. The lowest BCUT2D eigenvalue weighted by Crippen LogP contribution is -2.33. The summed E-state index contributed by atoms with van der Waals surface area (Å²) in [5, 5.41) is 6.10. The summed E-state index contributed by atoms with van der Waals surface area (Å²) in [6.45, 7) is 7.11. The number of rotatable bonds is 9. The number of carbonyl (C=O) groups is 1. The fourth-order valence-electron chi connectivity index (χ4n) is 1.88. The van der Waals surface area contributed by atoms with Crippen LogP contribution in [0.2, 0.25) is 0 Å². The Labute approximate surface area is 121 Å². The minimum absolute atomic E-state index is 0.151. The zero-order valence-electron chi connectivity index (χ0n) is 12.8. The SMILES string of the molecule is CCCCCC(C)NC(=O)c1cncc(NCCC)n1. The van der Waals surface area contributed by atoms with Gasteiger partial charge in [0.2, 0.25) is 0 Å². The van der Waals surface area contributed by atoms with Gasteiger partial charge in [0.1, 0.15) is 11.5 Å². The number of anilines is 1. The molecule has 1 aromatic heterocycles. The number of nitrogens with one attached hydrogen (secondary N) is 2. The second-order valence-electron chi connectivity index (χ2n) is 5.09. The second-order valence-corrected chi connectivity index (χ2v) is 5.09. The van der Waals surface area contributed by atoms with Gasteiger partial charge in [-0.2, -0.15) is 0 Å². The maximum absolute atomic E-state index is 12.1. The van der Waals surface area contributed by atoms with Crippen molar-refractivity contribution in [1.82, 2.24) is 15.3 Å². The van der Waals surface area contributed by atoms with Crippen LogP contribution in [-0.4, -0.2) is 28.5 Å². The number of carbonyl (C=O) groups excluding carboxylic acids is 1. The number of hydrogen-bond donors (Lipinski definition) is 2. The molecule has 0 aliphatic rings. The van der Waals surface area contributed by atoms with E-state index in [1.807, 2.05) is 6.92 Å². The van der Waals surface area contributed by atoms with Crippen molar-refractivity contribution < 1.29 is 4.79 Å². The predicted octanol–water partition coefficient (Wildman–Crippen LogP) is 3.00. The van der Waals surface area contributed by atoms with E-state index in [1.54, 1.807) is 6.20 Å². The Balaban J connectivity index is 2.49. The molecule has 1 aromatic rings. The Morgan fingerprint density at radius 3 is 2.75 bits per heavy atom. The lowest BCUT2D eigenvalue weighted by Gasteiger charge is -2.13. The van der Waals surface area contributed by atoms with Gasteiger partial charge in [-0.3, -0.25) is 9.78 Å². The van der Waals surface area contributed by atoms with Crippen molar-refractivity contribution in [2.24, 2.45) is 0 Å². The molecule has 20 heavy (non-hydrogen) atoms. The molecule has 5 nitrogen and oxygen atoms in total. The molecule has 0 bridgehead atoms. The number of aromatic nitrogens is 2. The minimum Gasteiger partial charge on any atom is -0.369 e. The van der Waals surface area contributed by atoms with Crippen LogP contribution in [0, 0.1) is 0 Å². The zero-order valence-corrected chi connectivity index (χ0v) is 12.8. The molecule has 0 fully saturated rings. The zero-order chi connectivity index (χ0) is 14.8. The highest BCUT2D eigenvalue weighted by atomic mass is 16.1. The summed E-state index contributed by atoms with van der Waals surface area (Å²) in [5.41, 5.74) is 0.369. The quantitative estimate of drug-likeness (QED) is 0.681. The van der Waals surface area contributed by atoms with Crippen LogP contribution in [0.25, 0.3) is 0 Å². The summed E-state index contributed by atoms with van der Waals surface area (Å²) in [5.74, 6) is 0.500. The van der Waals surface area contributed by atoms with Crippen molar-refractivity contribution in [2.75, 3.05) is 11.9 Å². The Bertz CT molecular complexity index is 409. The molecule has 0 aromatic carbocycles. The van der Waals surface area contributed by atoms with E-state index in [-0.39, 0.29) is 11.9 Å². The lowest BCUT2D eigenvalue weighted by atomic mass is 10.1. The minimum atomic E-state index is -0.151. The van der Waals surface area contributed by atoms with Crippen molar-refractivity contribution in [3.05, 3.63) is 18.1 Å². The van der Waals surface area contributed by atoms with E-state index >= 15 is 0 Å². The second kappa shape index (κ2) is 9.28. The Morgan fingerprint density at radius 1 is 1.25 bits per heavy atom. The van der Waals surface area contributed by atoms with E-state index in [9.17, 15) is 4.79 Å². The topological polar surface area (TPSA) is 66.9 Å². The van der Waals surface area contributed by atoms with E-state index in [0.717, 1.165) is 25.8 Å². The van der Waals surface area contributed by atoms with Gasteiger partial charge < -0.3 is 10.6 Å². The van der Waals surface area contributed by atoms with Crippen molar-refractivity contribution >= 4 is 11.7 Å². The molecular weight excluding hydrogens is 252 g/mol. The lowest BCUT2D eigenvalue weighted by molar-refractivity contribution is 0.0932. The first-order valence-corrected chi connectivity index (χ1v) is 7.54. The summed E-state index contributed by atoms with van der Waals surface area (Å²) in [4.78, 5) is 20.4. The van der Waals surface area contributed by atoms with Gasteiger partial charge in [0.25, 0.3) is 5.91 Å². The van der Waals surface area contributed by atoms with Gasteiger partial charge in [-0.1, -0.05) is 33.1 Å². The van der Waals surface area contributed by atoms with Crippen LogP contribution in [-0.2, 0) is 0 Å². The third kappa shape index (κ3) is 5.99. The molecular formula is C15H26N4O. The maximum Gasteiger partial charge on any atom is 0.271 e. The molecule has 1 atom stereocenters. The van der Waals surface area contributed by atoms with E-state index in [4.69, 9.17) is 0 Å². The molecule has 0 aliphatic carbocycles. The molecule has 112 valence electrons. The summed E-state index contributed by atoms with van der Waals surface area (Å²) in [6, 6.07) is 0.170. The van der Waals surface area contributed by atoms with Crippen LogP contribution >= 0.6 is 0 Å². The van der Waals surface area contributed by atoms with E-state index in [0.29, 0.717) is 11.5 Å². The van der Waals surface area contributed by atoms with Gasteiger partial charge in [-0.05, 0) is 19.8 Å². The number of nitrogens with zero attached hydrogens (tertiary/aromatic N) is 2. The third-order valence-electron chi connectivity index (χ3n) is 3.04. The van der Waals surface area contributed by atoms with Gasteiger partial charge in [-0.15, -0.1) is 0 Å². The van der Waals surface area contributed by atoms with Crippen molar-refractivity contribution in [3.63, 3.8) is 0 Å². The van der Waals surface area contributed by atoms with Crippen LogP contribution in [0.1, 0.15) is 63.4 Å². The summed E-state index contributed by atoms with van der Waals surface area (Å²) in [6.07, 6.45) is 8.69. The van der Waals surface area contributed by atoms with Gasteiger partial charge >= 0.3 is 0 Å². The first-order chi connectivity index (χ1) is 9.67. The first-order valence-electron chi connectivity index (χ1n) is 7.54. The maximum atomic E-state index is 12.1. The highest BCUT2D eigenvalue weighted by Gasteiger charge is 2.11. The fraction of sp³-hybridized carbons (Fsp3) is 0.667. The van der Waals surface area contributed by atoms with E-state index in [1.165, 1.54) is 19.0 Å². The number of hydrogen-bond acceptors (Lipinski definition) is 4. The Morgan fingerprint density at radius 2 is 2.05 bits per heavy atom. The van der Waals surface area contributed by atoms with Crippen LogP contribution in [0.3, 0.4) is 0 Å². The van der Waals surface area contributed by atoms with Crippen LogP contribution < -0.4 is 10.6 Å². The molecule has 0 aliphatic heterocycles. The molecule has 2 N–H and O–H groups in total. The van der Waals surface area contributed by atoms with Crippen LogP contribution in [0.4, 0.5) is 5.82 Å². The van der Waals surface area contributed by atoms with Gasteiger partial charge in [0.15, 0.2) is 0 Å². The van der Waals surface area contributed by atoms with Gasteiger partial charge in [-0.25, -0.2) is 4.98 Å². The standard InChI is InChI=1S/C15H26N4O/c1-4-6-7-8-12(3)18-15(20)13-10-16-11-14(19-13)17-9-5-2/h10-12H,4-9H2,1-3H3,(H,17,19)(H,18,20). The fourth-order valence-corrected chi connectivity index (χ4v) is 1.88. The highest BCUT2D eigenvalue weighted by molar-refractivity contribution is 5.92. The molecule has 0 spiro atoms. The average molecular weight is 278 g/mol. The smallest absolute Gasteiger partial charge is 0.271 e. The molecule has 0 saturated carbocycles. The van der Waals surface area contributed by atoms with Crippen LogP contribution in [0.5, 0.6) is 0 Å². The molecule has 5 heteroatoms. The third-order valence-corrected chi connectivity index (χ3v) is 3.04. The summed E-state index contributed by atoms with van der Waals surface area (Å²) < 4.78 is 0. The van der Waals surface area contributed by atoms with Crippen molar-refractivity contribution in [3.8, 4) is 0 Å². The first kappa shape index (κ1) is 16.4. The number of amides is 1. The molecule has 0 saturated heterocycles. The van der Waals surface area contributed by atoms with Crippen LogP contribution in [0.15, 0.2) is 12.4 Å². The van der Waals surface area contributed by atoms with Crippen molar-refractivity contribution in [2.45, 2.75) is 58.9 Å². The van der Waals surface area contributed by atoms with E-state index in [2.05, 4.69) is 34.4 Å². The van der Waals surface area contributed by atoms with Gasteiger partial charge in [0, 0.05) is 12.6 Å². The molecule has 1 amide bonds. The highest BCUT2D eigenvalue weighted by Crippen LogP contribution is 2.05. The Hall–Kier alpha value is -1.65. The molecule has 1 unspecified atom stereocenters. The monoisotopic (exact) mass is 278 g/mol. The van der Waals surface area contributed by atoms with Gasteiger partial charge in [0.05, 0.1) is 12.4 Å². The molecule has 0 radical (unpaired) electrons. The largest absolute Gasteiger partial charge is 0.369 e. The average Bonchev–Trinajstić information content (AvgIpc) is 2.45. The number of unbranched alkanes of at least 4 members (excludes halogenated alkanes) is 2. The van der Waals surface area contributed by atoms with E-state index < -0.39 is 0 Å². The van der Waals surface area contributed by atoms with Crippen molar-refractivity contribution in [1.29, 1.82) is 0 Å². The Kier molecular flexibility index (Phi) is 7.62. The summed E-state index contributed by atoms with van der Waals surface area (Å²) in [7, 11) is 0. The summed E-state index contributed by atoms with van der Waals surface area (Å²) >= 11 is 0. The molecule has 1 rings (SSSR count). The predicted molar refractivity (Wildman–Crippen MR) is 81.9 cm³/mol. The normalized spacial score (nSPS) is 11.9.